The van der Waals surface area contributed by atoms with Crippen molar-refractivity contribution in [2.75, 3.05) is 4.31 Å². The highest BCUT2D eigenvalue weighted by Crippen LogP contribution is 2.36. The quantitative estimate of drug-likeness (QED) is 0.824. The number of aryl methyl sites for hydroxylation is 1. The maximum Gasteiger partial charge on any atom is 0.264 e. The van der Waals surface area contributed by atoms with Crippen molar-refractivity contribution in [3.8, 4) is 0 Å². The van der Waals surface area contributed by atoms with Gasteiger partial charge in [-0.05, 0) is 55.5 Å². The van der Waals surface area contributed by atoms with Crippen LogP contribution in [0.1, 0.15) is 24.5 Å². The van der Waals surface area contributed by atoms with Gasteiger partial charge >= 0.3 is 0 Å². The summed E-state index contributed by atoms with van der Waals surface area (Å²) in [6, 6.07) is 13.8. The third-order valence-corrected chi connectivity index (χ3v) is 6.19. The highest BCUT2D eigenvalue weighted by Gasteiger charge is 2.35. The number of sulfonamides is 1. The number of anilines is 1. The molecule has 0 spiro atoms. The number of hydrogen-bond acceptors (Lipinski definition) is 4. The zero-order valence-corrected chi connectivity index (χ0v) is 14.1. The summed E-state index contributed by atoms with van der Waals surface area (Å²) in [4.78, 5) is 10.7. The molecule has 1 aliphatic rings. The number of para-hydroxylation sites is 1. The Labute approximate surface area is 141 Å². The lowest BCUT2D eigenvalue weighted by Gasteiger charge is -2.24. The van der Waals surface area contributed by atoms with Gasteiger partial charge in [-0.1, -0.05) is 30.3 Å². The Morgan fingerprint density at radius 1 is 1.17 bits per heavy atom. The van der Waals surface area contributed by atoms with E-state index in [1.165, 1.54) is 16.4 Å². The van der Waals surface area contributed by atoms with Gasteiger partial charge in [0.1, 0.15) is 0 Å². The normalized spacial score (nSPS) is 16.9. The predicted molar refractivity (Wildman–Crippen MR) is 89.0 cm³/mol. The van der Waals surface area contributed by atoms with Gasteiger partial charge in [-0.2, -0.15) is 0 Å². The molecule has 0 radical (unpaired) electrons. The van der Waals surface area contributed by atoms with Crippen LogP contribution in [-0.4, -0.2) is 20.4 Å². The smallest absolute Gasteiger partial charge is 0.264 e. The van der Waals surface area contributed by atoms with E-state index < -0.39 is 16.0 Å². The predicted octanol–water partition coefficient (Wildman–Crippen LogP) is 1.51. The molecular formula is C18H18NO4S-. The van der Waals surface area contributed by atoms with Gasteiger partial charge in [-0.25, -0.2) is 8.42 Å². The van der Waals surface area contributed by atoms with Gasteiger partial charge in [-0.15, -0.1) is 0 Å². The zero-order valence-electron chi connectivity index (χ0n) is 13.3. The number of carbonyl (C=O) groups is 1. The summed E-state index contributed by atoms with van der Waals surface area (Å²) in [6.07, 6.45) is 0.938. The first-order chi connectivity index (χ1) is 11.4. The molecule has 0 N–H and O–H groups in total. The summed E-state index contributed by atoms with van der Waals surface area (Å²) in [5.74, 6) is -1.12. The number of benzene rings is 2. The second-order valence-electron chi connectivity index (χ2n) is 6.00. The fourth-order valence-corrected chi connectivity index (χ4v) is 4.78. The molecule has 24 heavy (non-hydrogen) atoms. The molecule has 0 fully saturated rings. The van der Waals surface area contributed by atoms with Gasteiger partial charge < -0.3 is 9.90 Å². The highest BCUT2D eigenvalue weighted by atomic mass is 32.2. The molecule has 0 amide bonds. The summed E-state index contributed by atoms with van der Waals surface area (Å²) in [6.45, 7) is 1.89. The Balaban J connectivity index is 1.90. The number of rotatable bonds is 5. The van der Waals surface area contributed by atoms with Gasteiger partial charge in [0, 0.05) is 12.0 Å². The van der Waals surface area contributed by atoms with Crippen molar-refractivity contribution in [1.82, 2.24) is 0 Å². The zero-order chi connectivity index (χ0) is 17.3. The van der Waals surface area contributed by atoms with E-state index in [0.29, 0.717) is 12.8 Å². The molecule has 126 valence electrons. The van der Waals surface area contributed by atoms with Crippen molar-refractivity contribution in [3.05, 3.63) is 59.7 Å². The topological polar surface area (TPSA) is 77.5 Å². The summed E-state index contributed by atoms with van der Waals surface area (Å²) >= 11 is 0. The van der Waals surface area contributed by atoms with Crippen LogP contribution >= 0.6 is 0 Å². The average Bonchev–Trinajstić information content (AvgIpc) is 2.89. The third kappa shape index (κ3) is 3.01. The van der Waals surface area contributed by atoms with Crippen molar-refractivity contribution in [3.63, 3.8) is 0 Å². The maximum atomic E-state index is 13.0. The number of carboxylic acid groups (broad SMARTS) is 1. The van der Waals surface area contributed by atoms with Crippen molar-refractivity contribution in [2.45, 2.75) is 37.1 Å². The lowest BCUT2D eigenvalue weighted by Crippen LogP contribution is -2.35. The van der Waals surface area contributed by atoms with Crippen LogP contribution in [0.15, 0.2) is 53.4 Å². The molecule has 3 rings (SSSR count). The average molecular weight is 344 g/mol. The van der Waals surface area contributed by atoms with Crippen LogP contribution in [0.3, 0.4) is 0 Å². The minimum absolute atomic E-state index is 0.0807. The van der Waals surface area contributed by atoms with E-state index in [1.54, 1.807) is 12.1 Å². The molecule has 0 saturated carbocycles. The first-order valence-corrected chi connectivity index (χ1v) is 9.25. The minimum Gasteiger partial charge on any atom is -0.550 e. The van der Waals surface area contributed by atoms with Gasteiger partial charge in [0.2, 0.25) is 0 Å². The van der Waals surface area contributed by atoms with Crippen LogP contribution in [0, 0.1) is 0 Å². The summed E-state index contributed by atoms with van der Waals surface area (Å²) < 4.78 is 27.5. The fourth-order valence-electron chi connectivity index (χ4n) is 3.09. The third-order valence-electron chi connectivity index (χ3n) is 4.24. The number of hydrogen-bond donors (Lipinski definition) is 0. The summed E-state index contributed by atoms with van der Waals surface area (Å²) in [5.41, 5.74) is 2.53. The number of fused-ring (bicyclic) bond motifs is 1. The Morgan fingerprint density at radius 3 is 2.50 bits per heavy atom. The first kappa shape index (κ1) is 16.5. The van der Waals surface area contributed by atoms with Crippen molar-refractivity contribution in [2.24, 2.45) is 0 Å². The van der Waals surface area contributed by atoms with E-state index in [0.717, 1.165) is 16.8 Å². The SMILES string of the molecule is C[C@H]1Cc2ccccc2N1S(=O)(=O)c1ccc(CCC(=O)[O-])cc1. The van der Waals surface area contributed by atoms with E-state index in [9.17, 15) is 18.3 Å². The lowest BCUT2D eigenvalue weighted by molar-refractivity contribution is -0.305. The number of aliphatic carboxylic acids is 1. The highest BCUT2D eigenvalue weighted by molar-refractivity contribution is 7.92. The van der Waals surface area contributed by atoms with Crippen LogP contribution in [-0.2, 0) is 27.7 Å². The fraction of sp³-hybridized carbons (Fsp3) is 0.278. The van der Waals surface area contributed by atoms with Gasteiger partial charge in [-0.3, -0.25) is 4.31 Å². The maximum absolute atomic E-state index is 13.0. The first-order valence-electron chi connectivity index (χ1n) is 7.81. The molecule has 1 atom stereocenters. The Kier molecular flexibility index (Phi) is 4.32. The molecule has 0 aliphatic carbocycles. The van der Waals surface area contributed by atoms with Gasteiger partial charge in [0.25, 0.3) is 10.0 Å². The van der Waals surface area contributed by atoms with Crippen molar-refractivity contribution in [1.29, 1.82) is 0 Å². The molecule has 0 bridgehead atoms. The Bertz CT molecular complexity index is 859. The summed E-state index contributed by atoms with van der Waals surface area (Å²) in [5, 5.41) is 10.5. The molecule has 0 aromatic heterocycles. The Hall–Kier alpha value is -2.34. The lowest BCUT2D eigenvalue weighted by atomic mass is 10.1. The van der Waals surface area contributed by atoms with Crippen molar-refractivity contribution < 1.29 is 18.3 Å². The standard InChI is InChI=1S/C18H19NO4S/c1-13-12-15-4-2-3-5-17(15)19(13)24(22,23)16-9-6-14(7-10-16)8-11-18(20)21/h2-7,9-10,13H,8,11-12H2,1H3,(H,20,21)/p-1/t13-/m0/s1. The van der Waals surface area contributed by atoms with Crippen molar-refractivity contribution >= 4 is 21.7 Å². The van der Waals surface area contributed by atoms with E-state index in [1.807, 2.05) is 31.2 Å². The van der Waals surface area contributed by atoms with E-state index in [-0.39, 0.29) is 17.4 Å². The molecule has 5 nitrogen and oxygen atoms in total. The molecule has 0 saturated heterocycles. The second-order valence-corrected chi connectivity index (χ2v) is 7.81. The van der Waals surface area contributed by atoms with E-state index in [2.05, 4.69) is 0 Å². The van der Waals surface area contributed by atoms with E-state index >= 15 is 0 Å². The molecule has 1 heterocycles. The summed E-state index contributed by atoms with van der Waals surface area (Å²) in [7, 11) is -3.64. The minimum atomic E-state index is -3.64. The molecular weight excluding hydrogens is 326 g/mol. The van der Waals surface area contributed by atoms with Crippen LogP contribution < -0.4 is 9.41 Å². The number of carbonyl (C=O) groups excluding carboxylic acids is 1. The van der Waals surface area contributed by atoms with Crippen LogP contribution in [0.4, 0.5) is 5.69 Å². The molecule has 1 aliphatic heterocycles. The molecule has 2 aromatic rings. The molecule has 0 unspecified atom stereocenters. The molecule has 6 heteroatoms. The largest absolute Gasteiger partial charge is 0.550 e. The van der Waals surface area contributed by atoms with Crippen LogP contribution in [0.2, 0.25) is 0 Å². The number of carboxylic acids is 1. The number of nitrogens with zero attached hydrogens (tertiary/aromatic N) is 1. The van der Waals surface area contributed by atoms with Crippen LogP contribution in [0.5, 0.6) is 0 Å². The van der Waals surface area contributed by atoms with Gasteiger partial charge in [0.15, 0.2) is 0 Å². The Morgan fingerprint density at radius 2 is 1.83 bits per heavy atom. The van der Waals surface area contributed by atoms with Gasteiger partial charge in [0.05, 0.1) is 10.6 Å². The monoisotopic (exact) mass is 344 g/mol. The van der Waals surface area contributed by atoms with Crippen LogP contribution in [0.25, 0.3) is 0 Å². The molecule has 2 aromatic carbocycles. The van der Waals surface area contributed by atoms with E-state index in [4.69, 9.17) is 0 Å². The second kappa shape index (κ2) is 6.28.